The number of hydrogen-bond acceptors (Lipinski definition) is 2. The molecule has 0 bridgehead atoms. The largest absolute Gasteiger partial charge is 0.310 e. The van der Waals surface area contributed by atoms with Gasteiger partial charge in [-0.05, 0) is 45.1 Å². The number of rotatable bonds is 3. The summed E-state index contributed by atoms with van der Waals surface area (Å²) in [6.07, 6.45) is 2.29. The van der Waals surface area contributed by atoms with Gasteiger partial charge in [-0.25, -0.2) is 4.39 Å². The molecule has 4 heteroatoms. The summed E-state index contributed by atoms with van der Waals surface area (Å²) in [5, 5.41) is 3.44. The Morgan fingerprint density at radius 1 is 1.41 bits per heavy atom. The van der Waals surface area contributed by atoms with Crippen LogP contribution in [-0.2, 0) is 6.54 Å². The van der Waals surface area contributed by atoms with Crippen molar-refractivity contribution in [2.24, 2.45) is 0 Å². The Balaban J connectivity index is 1.85. The van der Waals surface area contributed by atoms with Crippen LogP contribution in [0.2, 0.25) is 0 Å². The molecule has 1 aliphatic heterocycles. The lowest BCUT2D eigenvalue weighted by Crippen LogP contribution is -2.40. The maximum absolute atomic E-state index is 13.6. The van der Waals surface area contributed by atoms with E-state index in [0.29, 0.717) is 12.6 Å². The first kappa shape index (κ1) is 13.0. The van der Waals surface area contributed by atoms with Gasteiger partial charge in [0.15, 0.2) is 0 Å². The fourth-order valence-electron chi connectivity index (χ4n) is 2.13. The first-order valence-corrected chi connectivity index (χ1v) is 6.80. The second kappa shape index (κ2) is 5.94. The van der Waals surface area contributed by atoms with Crippen molar-refractivity contribution in [3.8, 4) is 0 Å². The lowest BCUT2D eigenvalue weighted by molar-refractivity contribution is 0.233. The molecule has 0 aromatic heterocycles. The summed E-state index contributed by atoms with van der Waals surface area (Å²) in [6.45, 7) is 2.87. The smallest absolute Gasteiger partial charge is 0.128 e. The van der Waals surface area contributed by atoms with E-state index in [2.05, 4.69) is 33.2 Å². The van der Waals surface area contributed by atoms with Crippen LogP contribution in [0.3, 0.4) is 0 Å². The van der Waals surface area contributed by atoms with Crippen LogP contribution in [0.15, 0.2) is 22.7 Å². The van der Waals surface area contributed by atoms with Crippen molar-refractivity contribution >= 4 is 15.9 Å². The molecule has 1 heterocycles. The third-order valence-corrected chi connectivity index (χ3v) is 3.81. The van der Waals surface area contributed by atoms with Crippen LogP contribution in [0.1, 0.15) is 18.4 Å². The summed E-state index contributed by atoms with van der Waals surface area (Å²) in [5.41, 5.74) is 0.743. The molecule has 1 saturated heterocycles. The quantitative estimate of drug-likeness (QED) is 0.923. The SMILES string of the molecule is CN1CCC(NCc2ccc(Br)cc2F)CC1. The summed E-state index contributed by atoms with van der Waals surface area (Å²) in [4.78, 5) is 2.33. The van der Waals surface area contributed by atoms with E-state index in [0.717, 1.165) is 36.0 Å². The molecule has 0 aliphatic carbocycles. The van der Waals surface area contributed by atoms with Crippen molar-refractivity contribution in [3.63, 3.8) is 0 Å². The molecule has 1 fully saturated rings. The molecule has 17 heavy (non-hydrogen) atoms. The van der Waals surface area contributed by atoms with Gasteiger partial charge in [-0.3, -0.25) is 0 Å². The van der Waals surface area contributed by atoms with E-state index >= 15 is 0 Å². The van der Waals surface area contributed by atoms with Gasteiger partial charge in [0.1, 0.15) is 5.82 Å². The Kier molecular flexibility index (Phi) is 4.54. The lowest BCUT2D eigenvalue weighted by Gasteiger charge is -2.29. The monoisotopic (exact) mass is 300 g/mol. The Bertz CT molecular complexity index is 376. The summed E-state index contributed by atoms with van der Waals surface area (Å²) < 4.78 is 14.4. The minimum atomic E-state index is -0.139. The van der Waals surface area contributed by atoms with Crippen LogP contribution in [0, 0.1) is 5.82 Å². The van der Waals surface area contributed by atoms with Crippen LogP contribution in [-0.4, -0.2) is 31.1 Å². The highest BCUT2D eigenvalue weighted by atomic mass is 79.9. The van der Waals surface area contributed by atoms with E-state index in [1.165, 1.54) is 6.07 Å². The van der Waals surface area contributed by atoms with Crippen LogP contribution >= 0.6 is 15.9 Å². The molecule has 1 aromatic rings. The Morgan fingerprint density at radius 3 is 2.76 bits per heavy atom. The molecule has 0 radical (unpaired) electrons. The van der Waals surface area contributed by atoms with Crippen LogP contribution in [0.4, 0.5) is 4.39 Å². The van der Waals surface area contributed by atoms with E-state index in [4.69, 9.17) is 0 Å². The second-order valence-corrected chi connectivity index (χ2v) is 5.61. The molecule has 0 amide bonds. The fraction of sp³-hybridized carbons (Fsp3) is 0.538. The number of benzene rings is 1. The van der Waals surface area contributed by atoms with Gasteiger partial charge in [-0.15, -0.1) is 0 Å². The van der Waals surface area contributed by atoms with Crippen molar-refractivity contribution in [2.75, 3.05) is 20.1 Å². The van der Waals surface area contributed by atoms with E-state index in [1.807, 2.05) is 12.1 Å². The van der Waals surface area contributed by atoms with E-state index in [-0.39, 0.29) is 5.82 Å². The van der Waals surface area contributed by atoms with Crippen molar-refractivity contribution in [1.29, 1.82) is 0 Å². The predicted molar refractivity (Wildman–Crippen MR) is 71.5 cm³/mol. The molecule has 2 rings (SSSR count). The maximum Gasteiger partial charge on any atom is 0.128 e. The van der Waals surface area contributed by atoms with E-state index < -0.39 is 0 Å². The Hall–Kier alpha value is -0.450. The highest BCUT2D eigenvalue weighted by molar-refractivity contribution is 9.10. The lowest BCUT2D eigenvalue weighted by atomic mass is 10.1. The van der Waals surface area contributed by atoms with Crippen LogP contribution in [0.25, 0.3) is 0 Å². The van der Waals surface area contributed by atoms with Crippen molar-refractivity contribution in [2.45, 2.75) is 25.4 Å². The first-order valence-electron chi connectivity index (χ1n) is 6.01. The highest BCUT2D eigenvalue weighted by Gasteiger charge is 2.16. The number of nitrogens with one attached hydrogen (secondary N) is 1. The first-order chi connectivity index (χ1) is 8.15. The fourth-order valence-corrected chi connectivity index (χ4v) is 2.47. The number of hydrogen-bond donors (Lipinski definition) is 1. The topological polar surface area (TPSA) is 15.3 Å². The average molecular weight is 301 g/mol. The highest BCUT2D eigenvalue weighted by Crippen LogP contribution is 2.16. The zero-order valence-electron chi connectivity index (χ0n) is 10.0. The van der Waals surface area contributed by atoms with Gasteiger partial charge in [0.2, 0.25) is 0 Å². The summed E-state index contributed by atoms with van der Waals surface area (Å²) in [5.74, 6) is -0.139. The van der Waals surface area contributed by atoms with Crippen molar-refractivity contribution < 1.29 is 4.39 Å². The normalized spacial score (nSPS) is 18.5. The van der Waals surface area contributed by atoms with Crippen molar-refractivity contribution in [1.82, 2.24) is 10.2 Å². The maximum atomic E-state index is 13.6. The number of likely N-dealkylation sites (tertiary alicyclic amines) is 1. The minimum Gasteiger partial charge on any atom is -0.310 e. The minimum absolute atomic E-state index is 0.139. The number of nitrogens with zero attached hydrogens (tertiary/aromatic N) is 1. The van der Waals surface area contributed by atoms with Gasteiger partial charge in [0, 0.05) is 22.6 Å². The second-order valence-electron chi connectivity index (χ2n) is 4.69. The molecule has 0 saturated carbocycles. The third kappa shape index (κ3) is 3.76. The molecular formula is C13H18BrFN2. The summed E-state index contributed by atoms with van der Waals surface area (Å²) in [6, 6.07) is 5.76. The molecule has 0 unspecified atom stereocenters. The van der Waals surface area contributed by atoms with Gasteiger partial charge < -0.3 is 10.2 Å². The third-order valence-electron chi connectivity index (χ3n) is 3.31. The number of halogens is 2. The van der Waals surface area contributed by atoms with Crippen LogP contribution < -0.4 is 5.32 Å². The molecule has 94 valence electrons. The van der Waals surface area contributed by atoms with E-state index in [9.17, 15) is 4.39 Å². The predicted octanol–water partition coefficient (Wildman–Crippen LogP) is 2.77. The molecule has 2 nitrogen and oxygen atoms in total. The van der Waals surface area contributed by atoms with Gasteiger partial charge in [0.05, 0.1) is 0 Å². The Labute approximate surface area is 110 Å². The standard InChI is InChI=1S/C13H18BrFN2/c1-17-6-4-12(5-7-17)16-9-10-2-3-11(14)8-13(10)15/h2-3,8,12,16H,4-7,9H2,1H3. The molecule has 1 aliphatic rings. The molecule has 0 spiro atoms. The van der Waals surface area contributed by atoms with Gasteiger partial charge in [0.25, 0.3) is 0 Å². The van der Waals surface area contributed by atoms with Crippen molar-refractivity contribution in [3.05, 3.63) is 34.1 Å². The zero-order valence-corrected chi connectivity index (χ0v) is 11.6. The van der Waals surface area contributed by atoms with Gasteiger partial charge in [-0.1, -0.05) is 22.0 Å². The molecule has 0 atom stereocenters. The van der Waals surface area contributed by atoms with Gasteiger partial charge >= 0.3 is 0 Å². The Morgan fingerprint density at radius 2 is 2.12 bits per heavy atom. The molecular weight excluding hydrogens is 283 g/mol. The molecule has 1 N–H and O–H groups in total. The zero-order chi connectivity index (χ0) is 12.3. The molecule has 1 aromatic carbocycles. The average Bonchev–Trinajstić information content (AvgIpc) is 2.30. The summed E-state index contributed by atoms with van der Waals surface area (Å²) >= 11 is 3.26. The summed E-state index contributed by atoms with van der Waals surface area (Å²) in [7, 11) is 2.14. The van der Waals surface area contributed by atoms with E-state index in [1.54, 1.807) is 0 Å². The van der Waals surface area contributed by atoms with Crippen LogP contribution in [0.5, 0.6) is 0 Å². The van der Waals surface area contributed by atoms with Gasteiger partial charge in [-0.2, -0.15) is 0 Å². The number of piperidine rings is 1.